The van der Waals surface area contributed by atoms with Crippen LogP contribution in [0.4, 0.5) is 5.69 Å². The molecule has 1 aliphatic carbocycles. The molecule has 1 aliphatic rings. The summed E-state index contributed by atoms with van der Waals surface area (Å²) < 4.78 is 0. The van der Waals surface area contributed by atoms with Gasteiger partial charge in [-0.3, -0.25) is 4.79 Å². The number of nitrogen functional groups attached to an aromatic ring is 1. The highest BCUT2D eigenvalue weighted by atomic mass is 16.2. The number of carbonyl (C=O) groups is 1. The first-order valence-electron chi connectivity index (χ1n) is 6.74. The number of amides is 1. The van der Waals surface area contributed by atoms with Gasteiger partial charge in [0, 0.05) is 25.7 Å². The summed E-state index contributed by atoms with van der Waals surface area (Å²) in [6.07, 6.45) is 5.18. The van der Waals surface area contributed by atoms with Gasteiger partial charge in [0.05, 0.1) is 0 Å². The van der Waals surface area contributed by atoms with Crippen molar-refractivity contribution in [2.75, 3.05) is 19.3 Å². The fraction of sp³-hybridized carbons (Fsp3) is 0.533. The number of carbonyl (C=O) groups excluding carboxylic acids is 1. The maximum Gasteiger partial charge on any atom is 0.222 e. The molecular formula is C15H22N2O. The fourth-order valence-corrected chi connectivity index (χ4v) is 2.36. The summed E-state index contributed by atoms with van der Waals surface area (Å²) in [6.45, 7) is 0.920. The average molecular weight is 246 g/mol. The Morgan fingerprint density at radius 1 is 1.39 bits per heavy atom. The molecule has 3 heteroatoms. The van der Waals surface area contributed by atoms with Gasteiger partial charge in [0.25, 0.3) is 0 Å². The quantitative estimate of drug-likeness (QED) is 0.811. The van der Waals surface area contributed by atoms with Crippen molar-refractivity contribution in [2.24, 2.45) is 5.92 Å². The molecule has 0 atom stereocenters. The maximum absolute atomic E-state index is 12.0. The first-order chi connectivity index (χ1) is 8.66. The van der Waals surface area contributed by atoms with Crippen LogP contribution in [0.5, 0.6) is 0 Å². The Balaban J connectivity index is 1.78. The Bertz CT molecular complexity index is 413. The van der Waals surface area contributed by atoms with Crippen molar-refractivity contribution in [3.63, 3.8) is 0 Å². The third-order valence-corrected chi connectivity index (χ3v) is 3.85. The molecule has 0 heterocycles. The zero-order valence-corrected chi connectivity index (χ0v) is 11.1. The molecule has 3 nitrogen and oxygen atoms in total. The molecule has 1 amide bonds. The molecule has 2 N–H and O–H groups in total. The van der Waals surface area contributed by atoms with Gasteiger partial charge in [-0.05, 0) is 36.8 Å². The lowest BCUT2D eigenvalue weighted by Crippen LogP contribution is -2.34. The van der Waals surface area contributed by atoms with Gasteiger partial charge in [-0.25, -0.2) is 0 Å². The van der Waals surface area contributed by atoms with Crippen LogP contribution in [-0.2, 0) is 11.2 Å². The molecule has 98 valence electrons. The topological polar surface area (TPSA) is 46.3 Å². The number of rotatable bonds is 5. The van der Waals surface area contributed by atoms with Crippen LogP contribution in [0.1, 0.15) is 31.2 Å². The molecule has 0 bridgehead atoms. The number of nitrogens with zero attached hydrogens (tertiary/aromatic N) is 1. The van der Waals surface area contributed by atoms with E-state index in [2.05, 4.69) is 0 Å². The summed E-state index contributed by atoms with van der Waals surface area (Å²) in [4.78, 5) is 13.9. The molecule has 0 saturated heterocycles. The van der Waals surface area contributed by atoms with Crippen LogP contribution in [-0.4, -0.2) is 24.4 Å². The summed E-state index contributed by atoms with van der Waals surface area (Å²) in [5.41, 5.74) is 7.73. The van der Waals surface area contributed by atoms with Crippen LogP contribution in [0, 0.1) is 5.92 Å². The van der Waals surface area contributed by atoms with Gasteiger partial charge in [-0.15, -0.1) is 0 Å². The smallest absolute Gasteiger partial charge is 0.222 e. The van der Waals surface area contributed by atoms with Crippen LogP contribution in [0.3, 0.4) is 0 Å². The largest absolute Gasteiger partial charge is 0.399 e. The van der Waals surface area contributed by atoms with E-state index in [-0.39, 0.29) is 5.91 Å². The van der Waals surface area contributed by atoms with Crippen molar-refractivity contribution in [3.05, 3.63) is 29.8 Å². The van der Waals surface area contributed by atoms with Crippen LogP contribution in [0.15, 0.2) is 24.3 Å². The van der Waals surface area contributed by atoms with E-state index in [9.17, 15) is 4.79 Å². The number of aryl methyl sites for hydroxylation is 1. The van der Waals surface area contributed by atoms with Gasteiger partial charge in [0.2, 0.25) is 5.91 Å². The molecule has 0 spiro atoms. The van der Waals surface area contributed by atoms with Gasteiger partial charge in [0.1, 0.15) is 0 Å². The van der Waals surface area contributed by atoms with E-state index in [1.54, 1.807) is 0 Å². The molecule has 1 saturated carbocycles. The highest BCUT2D eigenvalue weighted by Gasteiger charge is 2.21. The average Bonchev–Trinajstić information content (AvgIpc) is 2.32. The van der Waals surface area contributed by atoms with E-state index < -0.39 is 0 Å². The Morgan fingerprint density at radius 2 is 2.11 bits per heavy atom. The van der Waals surface area contributed by atoms with Gasteiger partial charge < -0.3 is 10.6 Å². The third kappa shape index (κ3) is 3.25. The second-order valence-electron chi connectivity index (χ2n) is 5.27. The zero-order valence-electron chi connectivity index (χ0n) is 11.1. The lowest BCUT2D eigenvalue weighted by molar-refractivity contribution is -0.130. The van der Waals surface area contributed by atoms with E-state index in [0.717, 1.165) is 30.1 Å². The van der Waals surface area contributed by atoms with E-state index in [1.807, 2.05) is 36.2 Å². The van der Waals surface area contributed by atoms with Gasteiger partial charge in [-0.2, -0.15) is 0 Å². The lowest BCUT2D eigenvalue weighted by atomic mass is 9.85. The number of hydrogen-bond acceptors (Lipinski definition) is 2. The summed E-state index contributed by atoms with van der Waals surface area (Å²) in [5, 5.41) is 0. The normalized spacial score (nSPS) is 15.2. The van der Waals surface area contributed by atoms with E-state index >= 15 is 0 Å². The summed E-state index contributed by atoms with van der Waals surface area (Å²) in [5.74, 6) is 0.964. The number of benzene rings is 1. The third-order valence-electron chi connectivity index (χ3n) is 3.85. The highest BCUT2D eigenvalue weighted by Crippen LogP contribution is 2.26. The van der Waals surface area contributed by atoms with Crippen molar-refractivity contribution >= 4 is 11.6 Å². The molecular weight excluding hydrogens is 224 g/mol. The van der Waals surface area contributed by atoms with Gasteiger partial charge in [-0.1, -0.05) is 24.6 Å². The lowest BCUT2D eigenvalue weighted by Gasteiger charge is -2.30. The minimum atomic E-state index is 0.227. The van der Waals surface area contributed by atoms with Crippen LogP contribution in [0.25, 0.3) is 0 Å². The maximum atomic E-state index is 12.0. The monoisotopic (exact) mass is 246 g/mol. The first-order valence-corrected chi connectivity index (χ1v) is 6.74. The second kappa shape index (κ2) is 5.89. The molecule has 0 unspecified atom stereocenters. The predicted octanol–water partition coefficient (Wildman–Crippen LogP) is 2.46. The molecule has 0 aromatic heterocycles. The highest BCUT2D eigenvalue weighted by molar-refractivity contribution is 5.76. The first kappa shape index (κ1) is 12.9. The van der Waals surface area contributed by atoms with Crippen molar-refractivity contribution in [2.45, 2.75) is 32.1 Å². The van der Waals surface area contributed by atoms with Gasteiger partial charge >= 0.3 is 0 Å². The second-order valence-corrected chi connectivity index (χ2v) is 5.27. The van der Waals surface area contributed by atoms with E-state index in [1.165, 1.54) is 19.3 Å². The van der Waals surface area contributed by atoms with Crippen molar-refractivity contribution in [1.82, 2.24) is 4.90 Å². The van der Waals surface area contributed by atoms with E-state index in [4.69, 9.17) is 5.73 Å². The molecule has 1 aromatic carbocycles. The predicted molar refractivity (Wildman–Crippen MR) is 74.2 cm³/mol. The number of anilines is 1. The Labute approximate surface area is 109 Å². The standard InChI is InChI=1S/C15H22N2O/c1-17(11-12-5-4-6-12)15(18)10-9-13-7-2-3-8-14(13)16/h2-3,7-8,12H,4-6,9-11,16H2,1H3. The minimum absolute atomic E-state index is 0.227. The Morgan fingerprint density at radius 3 is 2.72 bits per heavy atom. The SMILES string of the molecule is CN(CC1CCC1)C(=O)CCc1ccccc1N. The number of nitrogens with two attached hydrogens (primary N) is 1. The zero-order chi connectivity index (χ0) is 13.0. The molecule has 2 rings (SSSR count). The van der Waals surface area contributed by atoms with Crippen LogP contribution < -0.4 is 5.73 Å². The summed E-state index contributed by atoms with van der Waals surface area (Å²) >= 11 is 0. The molecule has 0 radical (unpaired) electrons. The molecule has 0 aliphatic heterocycles. The van der Waals surface area contributed by atoms with Crippen molar-refractivity contribution < 1.29 is 4.79 Å². The van der Waals surface area contributed by atoms with Crippen molar-refractivity contribution in [3.8, 4) is 0 Å². The molecule has 1 aromatic rings. The Kier molecular flexibility index (Phi) is 4.24. The van der Waals surface area contributed by atoms with Gasteiger partial charge in [0.15, 0.2) is 0 Å². The number of para-hydroxylation sites is 1. The summed E-state index contributed by atoms with van der Waals surface area (Å²) in [7, 11) is 1.91. The molecule has 1 fully saturated rings. The minimum Gasteiger partial charge on any atom is -0.399 e. The fourth-order valence-electron chi connectivity index (χ4n) is 2.36. The number of hydrogen-bond donors (Lipinski definition) is 1. The summed E-state index contributed by atoms with van der Waals surface area (Å²) in [6, 6.07) is 7.77. The molecule has 18 heavy (non-hydrogen) atoms. The van der Waals surface area contributed by atoms with Crippen molar-refractivity contribution in [1.29, 1.82) is 0 Å². The van der Waals surface area contributed by atoms with Crippen LogP contribution in [0.2, 0.25) is 0 Å². The van der Waals surface area contributed by atoms with E-state index in [0.29, 0.717) is 6.42 Å². The van der Waals surface area contributed by atoms with Crippen LogP contribution >= 0.6 is 0 Å². The Hall–Kier alpha value is -1.51.